The summed E-state index contributed by atoms with van der Waals surface area (Å²) >= 11 is 0. The van der Waals surface area contributed by atoms with Crippen LogP contribution in [0, 0.1) is 17.0 Å². The SMILES string of the molecule is COc1cc([N+](=O)[O-])ccc1NC(=O)[C@@H](C)Oc1ccccc1C. The number of hydrogen-bond acceptors (Lipinski definition) is 5. The first-order valence-corrected chi connectivity index (χ1v) is 7.28. The predicted octanol–water partition coefficient (Wildman–Crippen LogP) is 3.32. The second kappa shape index (κ2) is 7.45. The number of hydrogen-bond donors (Lipinski definition) is 1. The summed E-state index contributed by atoms with van der Waals surface area (Å²) in [6, 6.07) is 11.4. The van der Waals surface area contributed by atoms with E-state index in [2.05, 4.69) is 5.32 Å². The van der Waals surface area contributed by atoms with Crippen molar-refractivity contribution in [3.05, 3.63) is 58.1 Å². The summed E-state index contributed by atoms with van der Waals surface area (Å²) in [5.74, 6) is 0.446. The highest BCUT2D eigenvalue weighted by Crippen LogP contribution is 2.29. The summed E-state index contributed by atoms with van der Waals surface area (Å²) < 4.78 is 10.7. The lowest BCUT2D eigenvalue weighted by molar-refractivity contribution is -0.384. The van der Waals surface area contributed by atoms with Gasteiger partial charge in [0.1, 0.15) is 11.5 Å². The summed E-state index contributed by atoms with van der Waals surface area (Å²) in [6.45, 7) is 3.51. The number of rotatable bonds is 6. The van der Waals surface area contributed by atoms with E-state index in [9.17, 15) is 14.9 Å². The van der Waals surface area contributed by atoms with Crippen LogP contribution in [0.2, 0.25) is 0 Å². The number of para-hydroxylation sites is 1. The molecular weight excluding hydrogens is 312 g/mol. The first-order valence-electron chi connectivity index (χ1n) is 7.28. The van der Waals surface area contributed by atoms with E-state index in [4.69, 9.17) is 9.47 Å². The van der Waals surface area contributed by atoms with Gasteiger partial charge in [0.15, 0.2) is 6.10 Å². The summed E-state index contributed by atoms with van der Waals surface area (Å²) in [5.41, 5.74) is 1.15. The molecule has 0 saturated heterocycles. The van der Waals surface area contributed by atoms with E-state index in [1.54, 1.807) is 13.0 Å². The summed E-state index contributed by atoms with van der Waals surface area (Å²) in [7, 11) is 1.38. The van der Waals surface area contributed by atoms with Gasteiger partial charge in [0.2, 0.25) is 0 Å². The Balaban J connectivity index is 2.11. The first-order chi connectivity index (χ1) is 11.4. The fourth-order valence-electron chi connectivity index (χ4n) is 2.06. The molecule has 126 valence electrons. The van der Waals surface area contributed by atoms with Gasteiger partial charge in [0.25, 0.3) is 11.6 Å². The molecule has 2 aromatic rings. The molecule has 7 nitrogen and oxygen atoms in total. The maximum atomic E-state index is 12.3. The minimum Gasteiger partial charge on any atom is -0.494 e. The lowest BCUT2D eigenvalue weighted by atomic mass is 10.2. The maximum absolute atomic E-state index is 12.3. The van der Waals surface area contributed by atoms with Crippen molar-refractivity contribution in [3.8, 4) is 11.5 Å². The molecule has 0 saturated carbocycles. The third kappa shape index (κ3) is 4.01. The Kier molecular flexibility index (Phi) is 5.36. The van der Waals surface area contributed by atoms with Gasteiger partial charge in [-0.15, -0.1) is 0 Å². The monoisotopic (exact) mass is 330 g/mol. The van der Waals surface area contributed by atoms with Crippen molar-refractivity contribution in [1.82, 2.24) is 0 Å². The van der Waals surface area contributed by atoms with Crippen molar-refractivity contribution in [2.75, 3.05) is 12.4 Å². The third-order valence-electron chi connectivity index (χ3n) is 3.42. The number of nitro groups is 1. The topological polar surface area (TPSA) is 90.7 Å². The number of amides is 1. The minimum atomic E-state index is -0.744. The Morgan fingerprint density at radius 2 is 1.92 bits per heavy atom. The maximum Gasteiger partial charge on any atom is 0.273 e. The molecule has 7 heteroatoms. The van der Waals surface area contributed by atoms with E-state index >= 15 is 0 Å². The summed E-state index contributed by atoms with van der Waals surface area (Å²) in [6.07, 6.45) is -0.744. The van der Waals surface area contributed by atoms with Crippen molar-refractivity contribution in [3.63, 3.8) is 0 Å². The van der Waals surface area contributed by atoms with Gasteiger partial charge in [-0.25, -0.2) is 0 Å². The number of non-ortho nitro benzene ring substituents is 1. The normalized spacial score (nSPS) is 11.5. The van der Waals surface area contributed by atoms with Crippen LogP contribution in [0.1, 0.15) is 12.5 Å². The van der Waals surface area contributed by atoms with Crippen LogP contribution in [0.15, 0.2) is 42.5 Å². The third-order valence-corrected chi connectivity index (χ3v) is 3.42. The lowest BCUT2D eigenvalue weighted by Gasteiger charge is -2.17. The van der Waals surface area contributed by atoms with E-state index in [1.165, 1.54) is 25.3 Å². The second-order valence-corrected chi connectivity index (χ2v) is 5.16. The van der Waals surface area contributed by atoms with Gasteiger partial charge in [-0.05, 0) is 31.5 Å². The van der Waals surface area contributed by atoms with Crippen LogP contribution in [0.25, 0.3) is 0 Å². The zero-order valence-electron chi connectivity index (χ0n) is 13.6. The highest BCUT2D eigenvalue weighted by atomic mass is 16.6. The number of anilines is 1. The van der Waals surface area contributed by atoms with E-state index in [-0.39, 0.29) is 17.3 Å². The van der Waals surface area contributed by atoms with Gasteiger partial charge in [0, 0.05) is 6.07 Å². The Bertz CT molecular complexity index is 760. The largest absolute Gasteiger partial charge is 0.494 e. The van der Waals surface area contributed by atoms with Crippen LogP contribution in [-0.4, -0.2) is 24.0 Å². The van der Waals surface area contributed by atoms with Gasteiger partial charge >= 0.3 is 0 Å². The molecule has 1 amide bonds. The fourth-order valence-corrected chi connectivity index (χ4v) is 2.06. The van der Waals surface area contributed by atoms with Crippen LogP contribution < -0.4 is 14.8 Å². The second-order valence-electron chi connectivity index (χ2n) is 5.16. The minimum absolute atomic E-state index is 0.117. The Morgan fingerprint density at radius 1 is 1.21 bits per heavy atom. The van der Waals surface area contributed by atoms with Gasteiger partial charge < -0.3 is 14.8 Å². The smallest absolute Gasteiger partial charge is 0.273 e. The molecule has 0 aliphatic carbocycles. The fraction of sp³-hybridized carbons (Fsp3) is 0.235. The highest BCUT2D eigenvalue weighted by Gasteiger charge is 2.19. The zero-order chi connectivity index (χ0) is 17.7. The van der Waals surface area contributed by atoms with Crippen LogP contribution in [0.5, 0.6) is 11.5 Å². The molecule has 0 bridgehead atoms. The number of nitro benzene ring substituents is 1. The molecule has 0 spiro atoms. The van der Waals surface area contributed by atoms with Crippen molar-refractivity contribution < 1.29 is 19.2 Å². The Hall–Kier alpha value is -3.09. The van der Waals surface area contributed by atoms with Crippen LogP contribution >= 0.6 is 0 Å². The molecule has 2 rings (SSSR count). The van der Waals surface area contributed by atoms with E-state index in [0.29, 0.717) is 11.4 Å². The number of benzene rings is 2. The van der Waals surface area contributed by atoms with E-state index in [0.717, 1.165) is 5.56 Å². The quantitative estimate of drug-likeness (QED) is 0.648. The van der Waals surface area contributed by atoms with Crippen LogP contribution in [0.3, 0.4) is 0 Å². The molecule has 1 N–H and O–H groups in total. The van der Waals surface area contributed by atoms with Crippen molar-refractivity contribution in [2.24, 2.45) is 0 Å². The van der Waals surface area contributed by atoms with Crippen LogP contribution in [0.4, 0.5) is 11.4 Å². The molecule has 1 atom stereocenters. The average Bonchev–Trinajstić information content (AvgIpc) is 2.56. The molecular formula is C17H18N2O5. The Labute approximate surface area is 139 Å². The molecule has 0 radical (unpaired) electrons. The number of carbonyl (C=O) groups excluding carboxylic acids is 1. The van der Waals surface area contributed by atoms with Gasteiger partial charge in [0.05, 0.1) is 23.8 Å². The Morgan fingerprint density at radius 3 is 2.54 bits per heavy atom. The molecule has 0 heterocycles. The summed E-state index contributed by atoms with van der Waals surface area (Å²) in [5, 5.41) is 13.4. The van der Waals surface area contributed by atoms with Crippen LogP contribution in [-0.2, 0) is 4.79 Å². The van der Waals surface area contributed by atoms with Gasteiger partial charge in [-0.3, -0.25) is 14.9 Å². The molecule has 0 aliphatic rings. The van der Waals surface area contributed by atoms with E-state index in [1.807, 2.05) is 25.1 Å². The standard InChI is InChI=1S/C17H18N2O5/c1-11-6-4-5-7-15(11)24-12(2)17(20)18-14-9-8-13(19(21)22)10-16(14)23-3/h4-10,12H,1-3H3,(H,18,20)/t12-/m1/s1. The molecule has 24 heavy (non-hydrogen) atoms. The van der Waals surface area contributed by atoms with Crippen molar-refractivity contribution in [2.45, 2.75) is 20.0 Å². The van der Waals surface area contributed by atoms with Gasteiger partial charge in [-0.2, -0.15) is 0 Å². The molecule has 0 aromatic heterocycles. The number of methoxy groups -OCH3 is 1. The van der Waals surface area contributed by atoms with Gasteiger partial charge in [-0.1, -0.05) is 18.2 Å². The number of ether oxygens (including phenoxy) is 2. The molecule has 0 aliphatic heterocycles. The average molecular weight is 330 g/mol. The molecule has 0 fully saturated rings. The lowest BCUT2D eigenvalue weighted by Crippen LogP contribution is -2.30. The molecule has 0 unspecified atom stereocenters. The number of carbonyl (C=O) groups is 1. The summed E-state index contributed by atoms with van der Waals surface area (Å²) in [4.78, 5) is 22.5. The number of nitrogens with zero attached hydrogens (tertiary/aromatic N) is 1. The highest BCUT2D eigenvalue weighted by molar-refractivity contribution is 5.95. The number of nitrogens with one attached hydrogen (secondary N) is 1. The van der Waals surface area contributed by atoms with Crippen molar-refractivity contribution in [1.29, 1.82) is 0 Å². The number of aryl methyl sites for hydroxylation is 1. The van der Waals surface area contributed by atoms with Crippen molar-refractivity contribution >= 4 is 17.3 Å². The molecule has 2 aromatic carbocycles. The predicted molar refractivity (Wildman–Crippen MR) is 89.5 cm³/mol. The first kappa shape index (κ1) is 17.3. The van der Waals surface area contributed by atoms with E-state index < -0.39 is 11.0 Å². The zero-order valence-corrected chi connectivity index (χ0v) is 13.6.